The monoisotopic (exact) mass is 333 g/mol. The number of rotatable bonds is 0. The average molecular weight is 334 g/mol. The van der Waals surface area contributed by atoms with E-state index in [-0.39, 0.29) is 0 Å². The third-order valence-electron chi connectivity index (χ3n) is 1.67. The lowest BCUT2D eigenvalue weighted by Gasteiger charge is -2.00. The van der Waals surface area contributed by atoms with Gasteiger partial charge in [-0.15, -0.1) is 0 Å². The molecule has 1 aromatic heterocycles. The highest BCUT2D eigenvalue weighted by Crippen LogP contribution is 2.25. The Morgan fingerprint density at radius 1 is 1.25 bits per heavy atom. The summed E-state index contributed by atoms with van der Waals surface area (Å²) in [4.78, 5) is 4.30. The van der Waals surface area contributed by atoms with E-state index in [1.54, 1.807) is 0 Å². The molecule has 0 amide bonds. The Hall–Kier alpha value is -0.160. The van der Waals surface area contributed by atoms with E-state index in [2.05, 4.69) is 55.6 Å². The zero-order valence-electron chi connectivity index (χ0n) is 6.09. The van der Waals surface area contributed by atoms with Crippen LogP contribution in [0.1, 0.15) is 0 Å². The van der Waals surface area contributed by atoms with Crippen LogP contribution in [0, 0.1) is 3.57 Å². The number of fused-ring (bicyclic) bond motifs is 1. The lowest BCUT2D eigenvalue weighted by Crippen LogP contribution is -1.82. The van der Waals surface area contributed by atoms with Crippen molar-refractivity contribution in [2.75, 3.05) is 0 Å². The van der Waals surface area contributed by atoms with Gasteiger partial charge in [0.05, 0.1) is 5.52 Å². The first-order chi connectivity index (χ1) is 5.79. The molecule has 2 rings (SSSR count). The normalized spacial score (nSPS) is 10.5. The molecule has 0 spiro atoms. The van der Waals surface area contributed by atoms with Crippen LogP contribution in [-0.2, 0) is 0 Å². The van der Waals surface area contributed by atoms with Gasteiger partial charge in [-0.05, 0) is 40.8 Å². The smallest absolute Gasteiger partial charge is 0.0846 e. The Labute approximate surface area is 92.5 Å². The number of hydrogen-bond acceptors (Lipinski definition) is 1. The van der Waals surface area contributed by atoms with Crippen LogP contribution in [0.4, 0.5) is 0 Å². The van der Waals surface area contributed by atoms with E-state index in [1.165, 1.54) is 8.96 Å². The number of nitrogens with zero attached hydrogens (tertiary/aromatic N) is 1. The van der Waals surface area contributed by atoms with E-state index in [1.807, 2.05) is 18.3 Å². The third kappa shape index (κ3) is 1.35. The summed E-state index contributed by atoms with van der Waals surface area (Å²) in [6, 6.07) is 8.11. The summed E-state index contributed by atoms with van der Waals surface area (Å²) in [6.07, 6.45) is 1.82. The predicted molar refractivity (Wildman–Crippen MR) is 62.2 cm³/mol. The molecule has 1 nitrogen and oxygen atoms in total. The molecule has 0 aliphatic heterocycles. The zero-order valence-corrected chi connectivity index (χ0v) is 9.83. The molecular formula is C9H5BrIN. The molecule has 1 aromatic carbocycles. The van der Waals surface area contributed by atoms with E-state index in [4.69, 9.17) is 0 Å². The summed E-state index contributed by atoms with van der Waals surface area (Å²) in [6.45, 7) is 0. The number of hydrogen-bond donors (Lipinski definition) is 0. The molecule has 0 unspecified atom stereocenters. The highest BCUT2D eigenvalue weighted by Gasteiger charge is 2.01. The van der Waals surface area contributed by atoms with Gasteiger partial charge in [0.25, 0.3) is 0 Å². The molecule has 0 N–H and O–H groups in total. The fourth-order valence-corrected chi connectivity index (χ4v) is 2.17. The molecule has 0 saturated heterocycles. The van der Waals surface area contributed by atoms with Crippen LogP contribution in [-0.4, -0.2) is 4.98 Å². The van der Waals surface area contributed by atoms with Crippen molar-refractivity contribution in [2.24, 2.45) is 0 Å². The minimum atomic E-state index is 1.06. The van der Waals surface area contributed by atoms with Crippen molar-refractivity contribution in [3.63, 3.8) is 0 Å². The average Bonchev–Trinajstić information content (AvgIpc) is 2.12. The second-order valence-corrected chi connectivity index (χ2v) is 4.45. The van der Waals surface area contributed by atoms with E-state index in [9.17, 15) is 0 Å². The van der Waals surface area contributed by atoms with E-state index >= 15 is 0 Å². The summed E-state index contributed by atoms with van der Waals surface area (Å²) < 4.78 is 2.29. The van der Waals surface area contributed by atoms with Gasteiger partial charge in [0.1, 0.15) is 0 Å². The Morgan fingerprint density at radius 2 is 2.08 bits per heavy atom. The van der Waals surface area contributed by atoms with Crippen LogP contribution < -0.4 is 0 Å². The Bertz CT molecular complexity index is 387. The summed E-state index contributed by atoms with van der Waals surface area (Å²) in [7, 11) is 0. The maximum Gasteiger partial charge on any atom is 0.0846 e. The van der Waals surface area contributed by atoms with Crippen LogP contribution in [0.25, 0.3) is 10.9 Å². The van der Waals surface area contributed by atoms with Gasteiger partial charge in [-0.25, -0.2) is 0 Å². The van der Waals surface area contributed by atoms with Gasteiger partial charge in [-0.2, -0.15) is 0 Å². The Balaban J connectivity index is 2.95. The second kappa shape index (κ2) is 3.30. The zero-order chi connectivity index (χ0) is 8.55. The van der Waals surface area contributed by atoms with Crippen molar-refractivity contribution in [3.8, 4) is 0 Å². The third-order valence-corrected chi connectivity index (χ3v) is 3.23. The van der Waals surface area contributed by atoms with E-state index in [0.717, 1.165) is 9.99 Å². The van der Waals surface area contributed by atoms with Gasteiger partial charge in [-0.1, -0.05) is 22.0 Å². The van der Waals surface area contributed by atoms with E-state index < -0.39 is 0 Å². The molecule has 12 heavy (non-hydrogen) atoms. The number of benzene rings is 1. The van der Waals surface area contributed by atoms with Gasteiger partial charge in [0.15, 0.2) is 0 Å². The molecule has 0 aliphatic carbocycles. The second-order valence-electron chi connectivity index (χ2n) is 2.43. The highest BCUT2D eigenvalue weighted by atomic mass is 127. The number of halogens is 2. The van der Waals surface area contributed by atoms with E-state index in [0.29, 0.717) is 0 Å². The minimum Gasteiger partial charge on any atom is -0.255 e. The molecule has 60 valence electrons. The Kier molecular flexibility index (Phi) is 2.32. The first-order valence-electron chi connectivity index (χ1n) is 3.48. The molecule has 0 saturated carbocycles. The SMILES string of the molecule is Brc1ccc(I)c2ncccc12. The van der Waals surface area contributed by atoms with Gasteiger partial charge in [0, 0.05) is 19.6 Å². The van der Waals surface area contributed by atoms with Gasteiger partial charge >= 0.3 is 0 Å². The topological polar surface area (TPSA) is 12.9 Å². The van der Waals surface area contributed by atoms with Crippen molar-refractivity contribution in [3.05, 3.63) is 38.5 Å². The van der Waals surface area contributed by atoms with Crippen molar-refractivity contribution in [2.45, 2.75) is 0 Å². The minimum absolute atomic E-state index is 1.06. The number of pyridine rings is 1. The summed E-state index contributed by atoms with van der Waals surface area (Å²) in [5.74, 6) is 0. The largest absolute Gasteiger partial charge is 0.255 e. The molecule has 0 fully saturated rings. The molecule has 0 radical (unpaired) electrons. The van der Waals surface area contributed by atoms with Gasteiger partial charge in [-0.3, -0.25) is 4.98 Å². The highest BCUT2D eigenvalue weighted by molar-refractivity contribution is 14.1. The lowest BCUT2D eigenvalue weighted by molar-refractivity contribution is 1.40. The molecular weight excluding hydrogens is 329 g/mol. The summed E-state index contributed by atoms with van der Waals surface area (Å²) in [5.41, 5.74) is 1.06. The van der Waals surface area contributed by atoms with Crippen LogP contribution in [0.15, 0.2) is 34.9 Å². The maximum atomic E-state index is 4.30. The molecule has 3 heteroatoms. The van der Waals surface area contributed by atoms with Crippen molar-refractivity contribution < 1.29 is 0 Å². The quantitative estimate of drug-likeness (QED) is 0.671. The molecule has 0 bridgehead atoms. The van der Waals surface area contributed by atoms with Crippen LogP contribution in [0.3, 0.4) is 0 Å². The van der Waals surface area contributed by atoms with Gasteiger partial charge in [0.2, 0.25) is 0 Å². The summed E-state index contributed by atoms with van der Waals surface area (Å²) >= 11 is 5.78. The summed E-state index contributed by atoms with van der Waals surface area (Å²) in [5, 5.41) is 1.17. The van der Waals surface area contributed by atoms with Crippen molar-refractivity contribution in [1.82, 2.24) is 4.98 Å². The lowest BCUT2D eigenvalue weighted by atomic mass is 10.2. The van der Waals surface area contributed by atoms with Crippen LogP contribution in [0.5, 0.6) is 0 Å². The molecule has 1 heterocycles. The maximum absolute atomic E-state index is 4.30. The van der Waals surface area contributed by atoms with Crippen LogP contribution in [0.2, 0.25) is 0 Å². The van der Waals surface area contributed by atoms with Crippen molar-refractivity contribution in [1.29, 1.82) is 0 Å². The fraction of sp³-hybridized carbons (Fsp3) is 0. The molecule has 2 aromatic rings. The molecule has 0 atom stereocenters. The van der Waals surface area contributed by atoms with Crippen LogP contribution >= 0.6 is 38.5 Å². The standard InChI is InChI=1S/C9H5BrIN/c10-7-3-4-8(11)9-6(7)2-1-5-12-9/h1-5H. The fourth-order valence-electron chi connectivity index (χ4n) is 1.10. The van der Waals surface area contributed by atoms with Gasteiger partial charge < -0.3 is 0 Å². The first kappa shape index (κ1) is 8.44. The Morgan fingerprint density at radius 3 is 2.83 bits per heavy atom. The van der Waals surface area contributed by atoms with Crippen molar-refractivity contribution >= 4 is 49.4 Å². The first-order valence-corrected chi connectivity index (χ1v) is 5.35. The number of aromatic nitrogens is 1. The predicted octanol–water partition coefficient (Wildman–Crippen LogP) is 3.60. The molecule has 0 aliphatic rings.